The molecule has 0 aliphatic carbocycles. The maximum absolute atomic E-state index is 13.7. The van der Waals surface area contributed by atoms with E-state index >= 15 is 0 Å². The van der Waals surface area contributed by atoms with E-state index in [0.717, 1.165) is 27.6 Å². The molecular formula is C31H25N5O4. The normalized spacial score (nSPS) is 15.0. The molecule has 9 heteroatoms. The largest absolute Gasteiger partial charge is 0.481 e. The Morgan fingerprint density at radius 1 is 0.950 bits per heavy atom. The molecule has 2 aromatic heterocycles. The Morgan fingerprint density at radius 2 is 1.70 bits per heavy atom. The lowest BCUT2D eigenvalue weighted by atomic mass is 9.90. The van der Waals surface area contributed by atoms with Gasteiger partial charge in [0.25, 0.3) is 5.56 Å². The lowest BCUT2D eigenvalue weighted by Crippen LogP contribution is -2.27. The average Bonchev–Trinajstić information content (AvgIpc) is 3.40. The number of carbonyl (C=O) groups is 2. The van der Waals surface area contributed by atoms with E-state index in [-0.39, 0.29) is 24.8 Å². The summed E-state index contributed by atoms with van der Waals surface area (Å²) in [5.74, 6) is -1.50. The van der Waals surface area contributed by atoms with Crippen molar-refractivity contribution in [1.82, 2.24) is 20.0 Å². The maximum Gasteiger partial charge on any atom is 0.303 e. The molecule has 0 saturated carbocycles. The number of carbonyl (C=O) groups excluding carboxylic acids is 1. The number of aromatic amines is 1. The molecule has 0 spiro atoms. The van der Waals surface area contributed by atoms with Crippen LogP contribution in [0.1, 0.15) is 42.0 Å². The minimum Gasteiger partial charge on any atom is -0.481 e. The highest BCUT2D eigenvalue weighted by atomic mass is 16.4. The molecule has 0 bridgehead atoms. The summed E-state index contributed by atoms with van der Waals surface area (Å²) in [7, 11) is 0. The summed E-state index contributed by atoms with van der Waals surface area (Å²) in [4.78, 5) is 49.9. The van der Waals surface area contributed by atoms with Crippen LogP contribution < -0.4 is 5.56 Å². The highest BCUT2D eigenvalue weighted by molar-refractivity contribution is 6.13. The number of pyridine rings is 1. The highest BCUT2D eigenvalue weighted by Gasteiger charge is 2.35. The van der Waals surface area contributed by atoms with Crippen molar-refractivity contribution in [3.63, 3.8) is 0 Å². The second kappa shape index (κ2) is 10.2. The van der Waals surface area contributed by atoms with Gasteiger partial charge in [0.15, 0.2) is 0 Å². The molecule has 1 aliphatic rings. The molecule has 3 aromatic carbocycles. The summed E-state index contributed by atoms with van der Waals surface area (Å²) < 4.78 is 0. The van der Waals surface area contributed by atoms with Gasteiger partial charge in [-0.05, 0) is 36.2 Å². The average molecular weight is 532 g/mol. The second-order valence-corrected chi connectivity index (χ2v) is 9.82. The number of H-pyrrole nitrogens is 1. The van der Waals surface area contributed by atoms with Crippen molar-refractivity contribution in [2.24, 2.45) is 5.10 Å². The minimum atomic E-state index is -1.07. The Balaban J connectivity index is 1.52. The summed E-state index contributed by atoms with van der Waals surface area (Å²) in [6.07, 6.45) is 2.95. The first-order valence-corrected chi connectivity index (χ1v) is 12.9. The fraction of sp³-hybridized carbons (Fsp3) is 0.161. The van der Waals surface area contributed by atoms with Crippen LogP contribution in [0.5, 0.6) is 0 Å². The number of rotatable bonds is 6. The molecule has 2 N–H and O–H groups in total. The monoisotopic (exact) mass is 531 g/mol. The summed E-state index contributed by atoms with van der Waals surface area (Å²) in [5.41, 5.74) is 6.06. The Hall–Kier alpha value is -5.18. The molecule has 1 atom stereocenters. The van der Waals surface area contributed by atoms with Gasteiger partial charge in [-0.1, -0.05) is 54.1 Å². The van der Waals surface area contributed by atoms with Crippen molar-refractivity contribution in [2.45, 2.75) is 32.2 Å². The molecule has 1 unspecified atom stereocenters. The molecule has 0 fully saturated rings. The van der Waals surface area contributed by atoms with Crippen molar-refractivity contribution in [2.75, 3.05) is 0 Å². The first-order chi connectivity index (χ1) is 19.4. The van der Waals surface area contributed by atoms with Crippen LogP contribution in [0.4, 0.5) is 0 Å². The van der Waals surface area contributed by atoms with E-state index in [1.807, 2.05) is 73.7 Å². The van der Waals surface area contributed by atoms with Crippen molar-refractivity contribution >= 4 is 39.5 Å². The van der Waals surface area contributed by atoms with Crippen LogP contribution in [0.3, 0.4) is 0 Å². The van der Waals surface area contributed by atoms with Gasteiger partial charge in [-0.25, -0.2) is 5.01 Å². The number of aliphatic carboxylic acids is 1. The van der Waals surface area contributed by atoms with E-state index in [1.165, 1.54) is 5.01 Å². The molecule has 9 nitrogen and oxygen atoms in total. The number of carboxylic acid groups (broad SMARTS) is 1. The van der Waals surface area contributed by atoms with Crippen LogP contribution in [0.25, 0.3) is 33.1 Å². The highest BCUT2D eigenvalue weighted by Crippen LogP contribution is 2.37. The number of nitrogens with one attached hydrogen (secondary N) is 1. The summed E-state index contributed by atoms with van der Waals surface area (Å²) in [5, 5.41) is 16.1. The van der Waals surface area contributed by atoms with Gasteiger partial charge in [0.05, 0.1) is 34.8 Å². The van der Waals surface area contributed by atoms with E-state index in [1.54, 1.807) is 12.4 Å². The van der Waals surface area contributed by atoms with Gasteiger partial charge >= 0.3 is 5.97 Å². The summed E-state index contributed by atoms with van der Waals surface area (Å²) in [6.45, 7) is 2.00. The van der Waals surface area contributed by atoms with Gasteiger partial charge in [-0.15, -0.1) is 0 Å². The Morgan fingerprint density at radius 3 is 2.48 bits per heavy atom. The quantitative estimate of drug-likeness (QED) is 0.318. The topological polar surface area (TPSA) is 129 Å². The third-order valence-electron chi connectivity index (χ3n) is 7.15. The molecule has 3 heterocycles. The van der Waals surface area contributed by atoms with Gasteiger partial charge in [0, 0.05) is 41.7 Å². The first-order valence-electron chi connectivity index (χ1n) is 12.9. The third-order valence-corrected chi connectivity index (χ3v) is 7.15. The molecule has 0 radical (unpaired) electrons. The summed E-state index contributed by atoms with van der Waals surface area (Å²) >= 11 is 0. The zero-order valence-electron chi connectivity index (χ0n) is 21.7. The van der Waals surface area contributed by atoms with E-state index in [0.29, 0.717) is 27.8 Å². The lowest BCUT2D eigenvalue weighted by molar-refractivity contribution is -0.141. The zero-order chi connectivity index (χ0) is 27.8. The lowest BCUT2D eigenvalue weighted by Gasteiger charge is -2.22. The van der Waals surface area contributed by atoms with Gasteiger partial charge in [0.2, 0.25) is 5.91 Å². The number of aryl methyl sites for hydroxylation is 1. The van der Waals surface area contributed by atoms with E-state index in [2.05, 4.69) is 15.0 Å². The zero-order valence-corrected chi connectivity index (χ0v) is 21.7. The number of hydrogen-bond acceptors (Lipinski definition) is 6. The molecule has 198 valence electrons. The van der Waals surface area contributed by atoms with Crippen molar-refractivity contribution in [3.05, 3.63) is 106 Å². The Bertz CT molecular complexity index is 1880. The minimum absolute atomic E-state index is 0.213. The number of hydrazone groups is 1. The predicted molar refractivity (Wildman–Crippen MR) is 152 cm³/mol. The van der Waals surface area contributed by atoms with E-state index in [4.69, 9.17) is 5.10 Å². The number of hydrogen-bond donors (Lipinski definition) is 2. The maximum atomic E-state index is 13.7. The van der Waals surface area contributed by atoms with Crippen LogP contribution in [-0.2, 0) is 9.59 Å². The Kier molecular flexibility index (Phi) is 6.39. The SMILES string of the molecule is Cc1ccc(-c2c(C3=NN(C(=O)CCC(=O)O)C(c4ccc5nccnc5c4)C3)c(=O)[nH]c3ccccc23)cc1. The predicted octanol–water partition coefficient (Wildman–Crippen LogP) is 4.99. The fourth-order valence-electron chi connectivity index (χ4n) is 5.21. The molecule has 1 aliphatic heterocycles. The number of benzene rings is 3. The van der Waals surface area contributed by atoms with E-state index < -0.39 is 17.9 Å². The summed E-state index contributed by atoms with van der Waals surface area (Å²) in [6, 6.07) is 20.5. The number of fused-ring (bicyclic) bond motifs is 2. The number of aromatic nitrogens is 3. The van der Waals surface area contributed by atoms with Gasteiger partial charge in [-0.3, -0.25) is 24.4 Å². The van der Waals surface area contributed by atoms with Crippen LogP contribution in [0.15, 0.2) is 89.0 Å². The molecule has 0 saturated heterocycles. The van der Waals surface area contributed by atoms with Crippen molar-refractivity contribution in [1.29, 1.82) is 0 Å². The first kappa shape index (κ1) is 25.1. The molecule has 1 amide bonds. The molecular weight excluding hydrogens is 506 g/mol. The van der Waals surface area contributed by atoms with Crippen LogP contribution in [0, 0.1) is 6.92 Å². The van der Waals surface area contributed by atoms with Gasteiger partial charge < -0.3 is 10.1 Å². The Labute approximate surface area is 228 Å². The number of para-hydroxylation sites is 1. The molecule has 6 rings (SSSR count). The number of amides is 1. The smallest absolute Gasteiger partial charge is 0.303 e. The second-order valence-electron chi connectivity index (χ2n) is 9.82. The third kappa shape index (κ3) is 4.62. The molecule has 5 aromatic rings. The van der Waals surface area contributed by atoms with Gasteiger partial charge in [-0.2, -0.15) is 5.10 Å². The standard InChI is InChI=1S/C31H25N5O4/c1-18-6-8-19(9-7-18)29-21-4-2-3-5-22(21)34-31(40)30(29)25-17-26(36(35-25)27(37)12-13-28(38)39)20-10-11-23-24(16-20)33-15-14-32-23/h2-11,14-16,26H,12-13,17H2,1H3,(H,34,40)(H,38,39). The van der Waals surface area contributed by atoms with Crippen molar-refractivity contribution < 1.29 is 14.7 Å². The van der Waals surface area contributed by atoms with Crippen LogP contribution >= 0.6 is 0 Å². The molecule has 40 heavy (non-hydrogen) atoms. The van der Waals surface area contributed by atoms with Crippen LogP contribution in [-0.4, -0.2) is 42.7 Å². The van der Waals surface area contributed by atoms with E-state index in [9.17, 15) is 19.5 Å². The van der Waals surface area contributed by atoms with Crippen molar-refractivity contribution in [3.8, 4) is 11.1 Å². The fourth-order valence-corrected chi connectivity index (χ4v) is 5.21. The number of carboxylic acids is 1. The van der Waals surface area contributed by atoms with Crippen LogP contribution in [0.2, 0.25) is 0 Å². The number of nitrogens with zero attached hydrogens (tertiary/aromatic N) is 4. The van der Waals surface area contributed by atoms with Gasteiger partial charge in [0.1, 0.15) is 0 Å².